The van der Waals surface area contributed by atoms with Crippen molar-refractivity contribution in [3.8, 4) is 0 Å². The van der Waals surface area contributed by atoms with Crippen LogP contribution in [0.2, 0.25) is 0 Å². The Kier molecular flexibility index (Phi) is 10.5. The molecule has 0 unspecified atom stereocenters. The molecule has 0 aliphatic heterocycles. The predicted octanol–water partition coefficient (Wildman–Crippen LogP) is 5.80. The fourth-order valence-corrected chi connectivity index (χ4v) is 6.33. The summed E-state index contributed by atoms with van der Waals surface area (Å²) in [5.41, 5.74) is 3.63. The predicted molar refractivity (Wildman–Crippen MR) is 171 cm³/mol. The zero-order valence-corrected chi connectivity index (χ0v) is 26.2. The molecule has 4 aromatic rings. The Bertz CT molecular complexity index is 1680. The Morgan fingerprint density at radius 3 is 2.05 bits per heavy atom. The molecule has 0 spiro atoms. The van der Waals surface area contributed by atoms with E-state index in [0.717, 1.165) is 38.7 Å². The van der Waals surface area contributed by atoms with Crippen molar-refractivity contribution in [1.29, 1.82) is 0 Å². The fourth-order valence-electron chi connectivity index (χ4n) is 4.92. The molecule has 0 radical (unpaired) electrons. The van der Waals surface area contributed by atoms with Gasteiger partial charge in [0.25, 0.3) is 10.0 Å². The van der Waals surface area contributed by atoms with Gasteiger partial charge in [-0.05, 0) is 75.2 Å². The average molecular weight is 616 g/mol. The maximum absolute atomic E-state index is 14.4. The highest BCUT2D eigenvalue weighted by molar-refractivity contribution is 7.92. The highest BCUT2D eigenvalue weighted by atomic mass is 32.2. The van der Waals surface area contributed by atoms with E-state index < -0.39 is 34.3 Å². The first-order valence-electron chi connectivity index (χ1n) is 14.5. The van der Waals surface area contributed by atoms with Crippen molar-refractivity contribution in [1.82, 2.24) is 10.2 Å². The van der Waals surface area contributed by atoms with E-state index in [0.29, 0.717) is 0 Å². The number of carbonyl (C=O) groups is 2. The molecule has 0 heterocycles. The third-order valence-electron chi connectivity index (χ3n) is 7.14. The van der Waals surface area contributed by atoms with E-state index in [1.165, 1.54) is 29.2 Å². The number of nitrogens with one attached hydrogen (secondary N) is 1. The van der Waals surface area contributed by atoms with Crippen molar-refractivity contribution >= 4 is 27.5 Å². The molecule has 0 aromatic heterocycles. The number of nitrogens with zero attached hydrogens (tertiary/aromatic N) is 2. The number of benzene rings is 4. The van der Waals surface area contributed by atoms with E-state index in [1.807, 2.05) is 82.3 Å². The van der Waals surface area contributed by atoms with Crippen molar-refractivity contribution in [2.45, 2.75) is 57.6 Å². The first-order valence-corrected chi connectivity index (χ1v) is 15.9. The summed E-state index contributed by atoms with van der Waals surface area (Å²) in [7, 11) is -4.25. The molecule has 7 nitrogen and oxygen atoms in total. The summed E-state index contributed by atoms with van der Waals surface area (Å²) < 4.78 is 42.9. The van der Waals surface area contributed by atoms with E-state index in [-0.39, 0.29) is 35.5 Å². The van der Waals surface area contributed by atoms with E-state index in [9.17, 15) is 22.4 Å². The van der Waals surface area contributed by atoms with Gasteiger partial charge in [0, 0.05) is 19.0 Å². The molecular formula is C35H38FN3O4S. The Labute approximate surface area is 259 Å². The molecule has 44 heavy (non-hydrogen) atoms. The number of aryl methyl sites for hydroxylation is 2. The number of carbonyl (C=O) groups excluding carboxylic acids is 2. The second-order valence-electron chi connectivity index (χ2n) is 11.2. The van der Waals surface area contributed by atoms with Crippen LogP contribution in [-0.4, -0.2) is 43.8 Å². The molecule has 0 bridgehead atoms. The van der Waals surface area contributed by atoms with Crippen LogP contribution < -0.4 is 9.62 Å². The van der Waals surface area contributed by atoms with Crippen molar-refractivity contribution in [3.63, 3.8) is 0 Å². The molecule has 0 fully saturated rings. The minimum absolute atomic E-state index is 0.0103. The standard InChI is InChI=1S/C35H38FN3O4S/c1-25(2)37-35(41)33(22-28-10-6-5-7-11-28)38(23-29-12-8-9-27(4)21-29)34(40)24-39(31-17-15-30(36)16-18-31)44(42,43)32-19-13-26(3)14-20-32/h5-21,25,33H,22-24H2,1-4H3,(H,37,41)/t33-/m0/s1. The van der Waals surface area contributed by atoms with Crippen LogP contribution in [0, 0.1) is 19.7 Å². The molecule has 1 N–H and O–H groups in total. The summed E-state index contributed by atoms with van der Waals surface area (Å²) in [6, 6.07) is 27.1. The van der Waals surface area contributed by atoms with Crippen LogP contribution in [-0.2, 0) is 32.6 Å². The first kappa shape index (κ1) is 32.4. The second kappa shape index (κ2) is 14.3. The SMILES string of the molecule is Cc1ccc(S(=O)(=O)N(CC(=O)N(Cc2cccc(C)c2)[C@@H](Cc2ccccc2)C(=O)NC(C)C)c2ccc(F)cc2)cc1. The molecule has 1 atom stereocenters. The zero-order valence-electron chi connectivity index (χ0n) is 25.4. The Balaban J connectivity index is 1.80. The van der Waals surface area contributed by atoms with Gasteiger partial charge in [-0.2, -0.15) is 0 Å². The average Bonchev–Trinajstić information content (AvgIpc) is 2.98. The number of anilines is 1. The van der Waals surface area contributed by atoms with Crippen LogP contribution in [0.3, 0.4) is 0 Å². The van der Waals surface area contributed by atoms with Gasteiger partial charge in [-0.1, -0.05) is 77.9 Å². The molecule has 0 saturated carbocycles. The molecule has 4 rings (SSSR count). The maximum Gasteiger partial charge on any atom is 0.264 e. The maximum atomic E-state index is 14.4. The van der Waals surface area contributed by atoms with Crippen LogP contribution in [0.5, 0.6) is 0 Å². The Morgan fingerprint density at radius 1 is 0.795 bits per heavy atom. The first-order chi connectivity index (χ1) is 20.9. The largest absolute Gasteiger partial charge is 0.352 e. The van der Waals surface area contributed by atoms with Gasteiger partial charge in [0.15, 0.2) is 0 Å². The van der Waals surface area contributed by atoms with Crippen molar-refractivity contribution < 1.29 is 22.4 Å². The zero-order chi connectivity index (χ0) is 31.9. The number of hydrogen-bond donors (Lipinski definition) is 1. The van der Waals surface area contributed by atoms with E-state index >= 15 is 0 Å². The molecule has 9 heteroatoms. The highest BCUT2D eigenvalue weighted by Gasteiger charge is 2.34. The lowest BCUT2D eigenvalue weighted by molar-refractivity contribution is -0.140. The fraction of sp³-hybridized carbons (Fsp3) is 0.257. The third-order valence-corrected chi connectivity index (χ3v) is 8.93. The van der Waals surface area contributed by atoms with E-state index in [1.54, 1.807) is 12.1 Å². The normalized spacial score (nSPS) is 12.0. The Morgan fingerprint density at radius 2 is 1.43 bits per heavy atom. The smallest absolute Gasteiger partial charge is 0.264 e. The summed E-state index contributed by atoms with van der Waals surface area (Å²) in [6.07, 6.45) is 0.220. The van der Waals surface area contributed by atoms with Crippen LogP contribution >= 0.6 is 0 Å². The topological polar surface area (TPSA) is 86.8 Å². The van der Waals surface area contributed by atoms with E-state index in [2.05, 4.69) is 5.32 Å². The van der Waals surface area contributed by atoms with Crippen LogP contribution in [0.4, 0.5) is 10.1 Å². The van der Waals surface area contributed by atoms with Gasteiger partial charge in [0.05, 0.1) is 10.6 Å². The van der Waals surface area contributed by atoms with Crippen LogP contribution in [0.1, 0.15) is 36.1 Å². The number of halogens is 1. The number of rotatable bonds is 12. The lowest BCUT2D eigenvalue weighted by atomic mass is 10.0. The minimum Gasteiger partial charge on any atom is -0.352 e. The van der Waals surface area contributed by atoms with Crippen molar-refractivity contribution in [2.24, 2.45) is 0 Å². The van der Waals surface area contributed by atoms with Gasteiger partial charge >= 0.3 is 0 Å². The summed E-state index contributed by atoms with van der Waals surface area (Å²) >= 11 is 0. The van der Waals surface area contributed by atoms with Gasteiger partial charge in [-0.3, -0.25) is 13.9 Å². The molecule has 4 aromatic carbocycles. The molecule has 0 aliphatic carbocycles. The molecule has 0 aliphatic rings. The van der Waals surface area contributed by atoms with Crippen LogP contribution in [0.25, 0.3) is 0 Å². The van der Waals surface area contributed by atoms with Gasteiger partial charge in [-0.25, -0.2) is 12.8 Å². The van der Waals surface area contributed by atoms with Crippen molar-refractivity contribution in [3.05, 3.63) is 131 Å². The van der Waals surface area contributed by atoms with Gasteiger partial charge < -0.3 is 10.2 Å². The lowest BCUT2D eigenvalue weighted by Gasteiger charge is -2.34. The van der Waals surface area contributed by atoms with Gasteiger partial charge in [-0.15, -0.1) is 0 Å². The molecule has 0 saturated heterocycles. The van der Waals surface area contributed by atoms with Crippen molar-refractivity contribution in [2.75, 3.05) is 10.8 Å². The van der Waals surface area contributed by atoms with Gasteiger partial charge in [0.1, 0.15) is 18.4 Å². The third kappa shape index (κ3) is 8.32. The summed E-state index contributed by atoms with van der Waals surface area (Å²) in [4.78, 5) is 29.6. The van der Waals surface area contributed by atoms with E-state index in [4.69, 9.17) is 0 Å². The monoisotopic (exact) mass is 615 g/mol. The van der Waals surface area contributed by atoms with Crippen LogP contribution in [0.15, 0.2) is 108 Å². The second-order valence-corrected chi connectivity index (χ2v) is 13.0. The molecular weight excluding hydrogens is 577 g/mol. The minimum atomic E-state index is -4.25. The quantitative estimate of drug-likeness (QED) is 0.218. The number of amides is 2. The summed E-state index contributed by atoms with van der Waals surface area (Å²) in [5, 5.41) is 2.94. The summed E-state index contributed by atoms with van der Waals surface area (Å²) in [6.45, 7) is 6.94. The molecule has 230 valence electrons. The number of sulfonamides is 1. The lowest BCUT2D eigenvalue weighted by Crippen LogP contribution is -2.54. The van der Waals surface area contributed by atoms with Gasteiger partial charge in [0.2, 0.25) is 11.8 Å². The number of hydrogen-bond acceptors (Lipinski definition) is 4. The Hall–Kier alpha value is -4.50. The summed E-state index contributed by atoms with van der Waals surface area (Å²) in [5.74, 6) is -1.46. The molecule has 2 amide bonds. The highest BCUT2D eigenvalue weighted by Crippen LogP contribution is 2.26.